The van der Waals surface area contributed by atoms with Crippen LogP contribution in [0.3, 0.4) is 0 Å². The molecule has 0 atom stereocenters. The maximum absolute atomic E-state index is 13.2. The summed E-state index contributed by atoms with van der Waals surface area (Å²) >= 11 is 0. The standard InChI is InChI=1S/C19H27F2N3O3/c1-14(2)13-27-19(26)24-8-3-7-23(10-11-24)9-6-18(25)22-15-4-5-16(20)17(21)12-15/h4-5,12,14H,3,6-11,13H2,1-2H3,(H,22,25). The molecule has 2 rings (SSSR count). The Morgan fingerprint density at radius 3 is 2.63 bits per heavy atom. The second-order valence-corrected chi connectivity index (χ2v) is 7.08. The lowest BCUT2D eigenvalue weighted by Crippen LogP contribution is -2.36. The monoisotopic (exact) mass is 383 g/mol. The molecule has 1 saturated heterocycles. The number of anilines is 1. The van der Waals surface area contributed by atoms with Crippen molar-refractivity contribution in [1.29, 1.82) is 0 Å². The third-order valence-corrected chi connectivity index (χ3v) is 4.25. The average Bonchev–Trinajstić information content (AvgIpc) is 2.87. The highest BCUT2D eigenvalue weighted by atomic mass is 19.2. The van der Waals surface area contributed by atoms with Crippen molar-refractivity contribution >= 4 is 17.7 Å². The zero-order chi connectivity index (χ0) is 19.8. The molecule has 0 saturated carbocycles. The minimum absolute atomic E-state index is 0.230. The van der Waals surface area contributed by atoms with Gasteiger partial charge >= 0.3 is 6.09 Å². The van der Waals surface area contributed by atoms with E-state index in [0.29, 0.717) is 38.7 Å². The van der Waals surface area contributed by atoms with Gasteiger partial charge in [0.1, 0.15) is 0 Å². The topological polar surface area (TPSA) is 61.9 Å². The van der Waals surface area contributed by atoms with E-state index >= 15 is 0 Å². The molecule has 150 valence electrons. The first-order chi connectivity index (χ1) is 12.8. The summed E-state index contributed by atoms with van der Waals surface area (Å²) in [6.45, 7) is 7.55. The van der Waals surface area contributed by atoms with Gasteiger partial charge in [-0.25, -0.2) is 13.6 Å². The molecule has 1 aromatic rings. The third-order valence-electron chi connectivity index (χ3n) is 4.25. The van der Waals surface area contributed by atoms with E-state index < -0.39 is 11.6 Å². The molecule has 1 heterocycles. The summed E-state index contributed by atoms with van der Waals surface area (Å²) in [5.74, 6) is -1.91. The maximum Gasteiger partial charge on any atom is 0.409 e. The highest BCUT2D eigenvalue weighted by molar-refractivity contribution is 5.90. The molecule has 1 aliphatic rings. The SMILES string of the molecule is CC(C)COC(=O)N1CCCN(CCC(=O)Nc2ccc(F)c(F)c2)CC1. The molecule has 27 heavy (non-hydrogen) atoms. The summed E-state index contributed by atoms with van der Waals surface area (Å²) in [6.07, 6.45) is 0.750. The lowest BCUT2D eigenvalue weighted by Gasteiger charge is -2.22. The van der Waals surface area contributed by atoms with Gasteiger partial charge in [0, 0.05) is 44.4 Å². The summed E-state index contributed by atoms with van der Waals surface area (Å²) in [5.41, 5.74) is 0.230. The minimum atomic E-state index is -0.996. The number of carbonyl (C=O) groups excluding carboxylic acids is 2. The van der Waals surface area contributed by atoms with Crippen LogP contribution in [-0.2, 0) is 9.53 Å². The van der Waals surface area contributed by atoms with Gasteiger partial charge in [0.25, 0.3) is 0 Å². The number of nitrogens with zero attached hydrogens (tertiary/aromatic N) is 2. The van der Waals surface area contributed by atoms with Gasteiger partial charge in [-0.3, -0.25) is 4.79 Å². The summed E-state index contributed by atoms with van der Waals surface area (Å²) in [4.78, 5) is 27.9. The molecule has 6 nitrogen and oxygen atoms in total. The number of amides is 2. The molecule has 0 bridgehead atoms. The molecular weight excluding hydrogens is 356 g/mol. The third kappa shape index (κ3) is 7.13. The van der Waals surface area contributed by atoms with E-state index in [-0.39, 0.29) is 24.1 Å². The van der Waals surface area contributed by atoms with Crippen LogP contribution in [0.4, 0.5) is 19.3 Å². The summed E-state index contributed by atoms with van der Waals surface area (Å²) in [7, 11) is 0. The number of rotatable bonds is 6. The molecule has 2 amide bonds. The number of nitrogens with one attached hydrogen (secondary N) is 1. The summed E-state index contributed by atoms with van der Waals surface area (Å²) in [5, 5.41) is 2.56. The first kappa shape index (κ1) is 21.1. The molecule has 1 fully saturated rings. The number of ether oxygens (including phenoxy) is 1. The van der Waals surface area contributed by atoms with Crippen LogP contribution < -0.4 is 5.32 Å². The van der Waals surface area contributed by atoms with E-state index in [9.17, 15) is 18.4 Å². The fourth-order valence-electron chi connectivity index (χ4n) is 2.76. The molecule has 0 radical (unpaired) electrons. The van der Waals surface area contributed by atoms with Gasteiger partial charge in [0.05, 0.1) is 6.61 Å². The van der Waals surface area contributed by atoms with Gasteiger partial charge in [-0.1, -0.05) is 13.8 Å². The Morgan fingerprint density at radius 1 is 1.15 bits per heavy atom. The fraction of sp³-hybridized carbons (Fsp3) is 0.579. The van der Waals surface area contributed by atoms with E-state index in [2.05, 4.69) is 10.2 Å². The Morgan fingerprint density at radius 2 is 1.93 bits per heavy atom. The second-order valence-electron chi connectivity index (χ2n) is 7.08. The van der Waals surface area contributed by atoms with Crippen LogP contribution >= 0.6 is 0 Å². The van der Waals surface area contributed by atoms with Gasteiger partial charge in [-0.15, -0.1) is 0 Å². The lowest BCUT2D eigenvalue weighted by molar-refractivity contribution is -0.116. The van der Waals surface area contributed by atoms with E-state index in [1.54, 1.807) is 4.90 Å². The Bertz CT molecular complexity index is 655. The number of hydrogen-bond acceptors (Lipinski definition) is 4. The Kier molecular flexibility index (Phi) is 7.97. The van der Waals surface area contributed by atoms with Crippen molar-refractivity contribution in [3.05, 3.63) is 29.8 Å². The number of hydrogen-bond donors (Lipinski definition) is 1. The Labute approximate surface area is 158 Å². The maximum atomic E-state index is 13.2. The van der Waals surface area contributed by atoms with Crippen LogP contribution in [0.1, 0.15) is 26.7 Å². The Hall–Kier alpha value is -2.22. The van der Waals surface area contributed by atoms with E-state index in [1.807, 2.05) is 13.8 Å². The second kappa shape index (κ2) is 10.2. The smallest absolute Gasteiger partial charge is 0.409 e. The number of halogens is 2. The summed E-state index contributed by atoms with van der Waals surface area (Å²) in [6, 6.07) is 3.26. The van der Waals surface area contributed by atoms with Crippen molar-refractivity contribution < 1.29 is 23.1 Å². The molecular formula is C19H27F2N3O3. The number of carbonyl (C=O) groups is 2. The fourth-order valence-corrected chi connectivity index (χ4v) is 2.76. The van der Waals surface area contributed by atoms with Crippen LogP contribution in [0.15, 0.2) is 18.2 Å². The minimum Gasteiger partial charge on any atom is -0.449 e. The van der Waals surface area contributed by atoms with Crippen LogP contribution in [0, 0.1) is 17.6 Å². The predicted molar refractivity (Wildman–Crippen MR) is 98.4 cm³/mol. The molecule has 0 aliphatic carbocycles. The van der Waals surface area contributed by atoms with Crippen molar-refractivity contribution in [2.24, 2.45) is 5.92 Å². The molecule has 1 aliphatic heterocycles. The number of benzene rings is 1. The summed E-state index contributed by atoms with van der Waals surface area (Å²) < 4.78 is 31.3. The first-order valence-corrected chi connectivity index (χ1v) is 9.24. The van der Waals surface area contributed by atoms with Gasteiger partial charge in [-0.05, 0) is 31.0 Å². The van der Waals surface area contributed by atoms with Gasteiger partial charge < -0.3 is 19.9 Å². The first-order valence-electron chi connectivity index (χ1n) is 9.24. The quantitative estimate of drug-likeness (QED) is 0.820. The van der Waals surface area contributed by atoms with Crippen molar-refractivity contribution in [3.8, 4) is 0 Å². The van der Waals surface area contributed by atoms with Crippen LogP contribution in [-0.4, -0.2) is 61.1 Å². The lowest BCUT2D eigenvalue weighted by atomic mass is 10.2. The molecule has 1 N–H and O–H groups in total. The van der Waals surface area contributed by atoms with Crippen molar-refractivity contribution in [2.75, 3.05) is 44.6 Å². The van der Waals surface area contributed by atoms with E-state index in [4.69, 9.17) is 4.74 Å². The zero-order valence-corrected chi connectivity index (χ0v) is 15.8. The molecule has 0 unspecified atom stereocenters. The van der Waals surface area contributed by atoms with E-state index in [1.165, 1.54) is 6.07 Å². The molecule has 0 spiro atoms. The van der Waals surface area contributed by atoms with E-state index in [0.717, 1.165) is 25.1 Å². The van der Waals surface area contributed by atoms with Crippen LogP contribution in [0.5, 0.6) is 0 Å². The van der Waals surface area contributed by atoms with Gasteiger partial charge in [-0.2, -0.15) is 0 Å². The van der Waals surface area contributed by atoms with Gasteiger partial charge in [0.15, 0.2) is 11.6 Å². The van der Waals surface area contributed by atoms with Crippen LogP contribution in [0.2, 0.25) is 0 Å². The Balaban J connectivity index is 1.73. The highest BCUT2D eigenvalue weighted by Gasteiger charge is 2.20. The molecule has 8 heteroatoms. The highest BCUT2D eigenvalue weighted by Crippen LogP contribution is 2.13. The van der Waals surface area contributed by atoms with Crippen molar-refractivity contribution in [2.45, 2.75) is 26.7 Å². The van der Waals surface area contributed by atoms with Crippen molar-refractivity contribution in [3.63, 3.8) is 0 Å². The average molecular weight is 383 g/mol. The van der Waals surface area contributed by atoms with Gasteiger partial charge in [0.2, 0.25) is 5.91 Å². The van der Waals surface area contributed by atoms with Crippen molar-refractivity contribution in [1.82, 2.24) is 9.80 Å². The predicted octanol–water partition coefficient (Wildman–Crippen LogP) is 3.09. The van der Waals surface area contributed by atoms with Crippen LogP contribution in [0.25, 0.3) is 0 Å². The molecule has 0 aromatic heterocycles. The largest absolute Gasteiger partial charge is 0.449 e. The molecule has 1 aromatic carbocycles. The zero-order valence-electron chi connectivity index (χ0n) is 15.8. The normalized spacial score (nSPS) is 15.5.